The number of likely N-dealkylation sites (tertiary alicyclic amines) is 1. The average molecular weight is 548 g/mol. The maximum absolute atomic E-state index is 13.5. The lowest BCUT2D eigenvalue weighted by atomic mass is 10.0. The van der Waals surface area contributed by atoms with Gasteiger partial charge in [-0.2, -0.15) is 0 Å². The lowest BCUT2D eigenvalue weighted by Crippen LogP contribution is -2.50. The number of para-hydroxylation sites is 1. The summed E-state index contributed by atoms with van der Waals surface area (Å²) < 4.78 is 53.3. The van der Waals surface area contributed by atoms with Crippen LogP contribution < -0.4 is 14.2 Å². The van der Waals surface area contributed by atoms with Crippen molar-refractivity contribution in [3.63, 3.8) is 0 Å². The van der Waals surface area contributed by atoms with E-state index in [1.54, 1.807) is 56.2 Å². The predicted octanol–water partition coefficient (Wildman–Crippen LogP) is 3.01. The molecule has 1 aliphatic heterocycles. The molecular weight excluding hydrogens is 514 g/mol. The molecule has 0 spiro atoms. The minimum Gasteiger partial charge on any atom is -0.494 e. The molecule has 206 valence electrons. The summed E-state index contributed by atoms with van der Waals surface area (Å²) in [7, 11) is 0.532. The van der Waals surface area contributed by atoms with Gasteiger partial charge in [-0.25, -0.2) is 8.42 Å². The number of furan rings is 1. The van der Waals surface area contributed by atoms with Gasteiger partial charge in [-0.15, -0.1) is 10.2 Å². The number of rotatable bonds is 11. The minimum absolute atomic E-state index is 0.0124. The van der Waals surface area contributed by atoms with Gasteiger partial charge < -0.3 is 23.5 Å². The van der Waals surface area contributed by atoms with Crippen LogP contribution in [0.5, 0.6) is 11.5 Å². The van der Waals surface area contributed by atoms with E-state index in [0.29, 0.717) is 41.7 Å². The molecule has 1 saturated heterocycles. The highest BCUT2D eigenvalue weighted by atomic mass is 32.2. The van der Waals surface area contributed by atoms with Crippen LogP contribution in [0.25, 0.3) is 17.3 Å². The molecule has 0 radical (unpaired) electrons. The lowest BCUT2D eigenvalue weighted by molar-refractivity contribution is -0.137. The smallest absolute Gasteiger partial charge is 0.243 e. The quantitative estimate of drug-likeness (QED) is 0.384. The second-order valence-electron chi connectivity index (χ2n) is 9.11. The van der Waals surface area contributed by atoms with Crippen molar-refractivity contribution in [1.29, 1.82) is 0 Å². The van der Waals surface area contributed by atoms with Gasteiger partial charge in [0.1, 0.15) is 22.9 Å². The van der Waals surface area contributed by atoms with Crippen molar-refractivity contribution in [2.75, 3.05) is 39.2 Å². The van der Waals surface area contributed by atoms with Gasteiger partial charge in [0.25, 0.3) is 0 Å². The number of aromatic nitrogens is 3. The second-order valence-corrected chi connectivity index (χ2v) is 11.2. The molecule has 38 heavy (non-hydrogen) atoms. The van der Waals surface area contributed by atoms with E-state index < -0.39 is 15.3 Å². The zero-order valence-electron chi connectivity index (χ0n) is 22.1. The standard InChI is InChI=1S/C25H33N5O7S/c1-16-12-13-21(37-16)24-26-27-25(30(24)23-19(35-4)9-7-10-20(23)36-5)28-38(32,33)17(2)14-29-18(15-34-3)8-6-11-22(29)31/h7,9-10,12-13,17-18H,6,8,11,14-15H2,1-5H3,(H,27,28)/t17-,18-/m0/s1. The van der Waals surface area contributed by atoms with Crippen LogP contribution in [-0.2, 0) is 19.6 Å². The fourth-order valence-electron chi connectivity index (χ4n) is 4.54. The molecule has 1 fully saturated rings. The Morgan fingerprint density at radius 3 is 2.45 bits per heavy atom. The monoisotopic (exact) mass is 547 g/mol. The number of hydrogen-bond donors (Lipinski definition) is 1. The number of anilines is 1. The fourth-order valence-corrected chi connectivity index (χ4v) is 5.48. The highest BCUT2D eigenvalue weighted by molar-refractivity contribution is 7.93. The molecule has 0 aliphatic carbocycles. The summed E-state index contributed by atoms with van der Waals surface area (Å²) in [5.41, 5.74) is 0.392. The highest BCUT2D eigenvalue weighted by Gasteiger charge is 2.34. The predicted molar refractivity (Wildman–Crippen MR) is 140 cm³/mol. The van der Waals surface area contributed by atoms with Crippen LogP contribution in [-0.4, -0.2) is 79.8 Å². The molecular formula is C25H33N5O7S. The average Bonchev–Trinajstić information content (AvgIpc) is 3.50. The van der Waals surface area contributed by atoms with Crippen molar-refractivity contribution in [1.82, 2.24) is 19.7 Å². The number of amides is 1. The Labute approximate surface area is 221 Å². The molecule has 0 bridgehead atoms. The van der Waals surface area contributed by atoms with Crippen LogP contribution >= 0.6 is 0 Å². The number of aryl methyl sites for hydroxylation is 1. The van der Waals surface area contributed by atoms with Crippen molar-refractivity contribution in [2.45, 2.75) is 44.4 Å². The first-order chi connectivity index (χ1) is 18.2. The van der Waals surface area contributed by atoms with E-state index in [1.807, 2.05) is 0 Å². The Balaban J connectivity index is 1.73. The van der Waals surface area contributed by atoms with E-state index in [4.69, 9.17) is 18.6 Å². The number of sulfonamides is 1. The number of methoxy groups -OCH3 is 3. The van der Waals surface area contributed by atoms with Crippen molar-refractivity contribution in [2.24, 2.45) is 0 Å². The SMILES string of the molecule is COC[C@@H]1CCCC(=O)N1C[C@H](C)S(=O)(=O)Nc1nnc(-c2ccc(C)o2)n1-c1c(OC)cccc1OC. The number of hydrogen-bond acceptors (Lipinski definition) is 9. The van der Waals surface area contributed by atoms with Gasteiger partial charge in [-0.05, 0) is 51.0 Å². The highest BCUT2D eigenvalue weighted by Crippen LogP contribution is 2.38. The summed E-state index contributed by atoms with van der Waals surface area (Å²) in [6, 6.07) is 8.50. The molecule has 0 saturated carbocycles. The number of carbonyl (C=O) groups excluding carboxylic acids is 1. The second kappa shape index (κ2) is 11.4. The van der Waals surface area contributed by atoms with E-state index in [1.165, 1.54) is 18.8 Å². The number of carbonyl (C=O) groups is 1. The largest absolute Gasteiger partial charge is 0.494 e. The van der Waals surface area contributed by atoms with Crippen LogP contribution in [0.3, 0.4) is 0 Å². The molecule has 1 aromatic carbocycles. The first-order valence-electron chi connectivity index (χ1n) is 12.2. The topological polar surface area (TPSA) is 138 Å². The van der Waals surface area contributed by atoms with Crippen LogP contribution in [0.4, 0.5) is 5.95 Å². The molecule has 0 unspecified atom stereocenters. The molecule has 3 heterocycles. The van der Waals surface area contributed by atoms with E-state index in [-0.39, 0.29) is 30.3 Å². The van der Waals surface area contributed by atoms with Gasteiger partial charge in [0.05, 0.1) is 32.1 Å². The van der Waals surface area contributed by atoms with Crippen molar-refractivity contribution in [3.05, 3.63) is 36.1 Å². The van der Waals surface area contributed by atoms with Gasteiger partial charge in [-0.1, -0.05) is 6.07 Å². The Kier molecular flexibility index (Phi) is 8.26. The summed E-state index contributed by atoms with van der Waals surface area (Å²) >= 11 is 0. The molecule has 13 heteroatoms. The molecule has 1 N–H and O–H groups in total. The molecule has 1 amide bonds. The Morgan fingerprint density at radius 1 is 1.13 bits per heavy atom. The van der Waals surface area contributed by atoms with E-state index >= 15 is 0 Å². The lowest BCUT2D eigenvalue weighted by Gasteiger charge is -2.36. The summed E-state index contributed by atoms with van der Waals surface area (Å²) in [5, 5.41) is 7.43. The molecule has 1 aliphatic rings. The first kappa shape index (κ1) is 27.5. The normalized spacial score (nSPS) is 16.9. The Hall–Kier alpha value is -3.58. The zero-order chi connectivity index (χ0) is 27.4. The number of nitrogens with one attached hydrogen (secondary N) is 1. The van der Waals surface area contributed by atoms with E-state index in [2.05, 4.69) is 14.9 Å². The number of piperidine rings is 1. The summed E-state index contributed by atoms with van der Waals surface area (Å²) in [6.07, 6.45) is 1.89. The third kappa shape index (κ3) is 5.48. The summed E-state index contributed by atoms with van der Waals surface area (Å²) in [4.78, 5) is 14.2. The van der Waals surface area contributed by atoms with Crippen molar-refractivity contribution < 1.29 is 31.8 Å². The molecule has 4 rings (SSSR count). The summed E-state index contributed by atoms with van der Waals surface area (Å²) in [6.45, 7) is 3.70. The number of nitrogens with zero attached hydrogens (tertiary/aromatic N) is 4. The third-order valence-corrected chi connectivity index (χ3v) is 8.19. The van der Waals surface area contributed by atoms with E-state index in [0.717, 1.165) is 12.8 Å². The van der Waals surface area contributed by atoms with Gasteiger partial charge in [-0.3, -0.25) is 14.1 Å². The number of ether oxygens (including phenoxy) is 3. The van der Waals surface area contributed by atoms with Crippen LogP contribution in [0, 0.1) is 6.92 Å². The Bertz CT molecular complexity index is 1360. The van der Waals surface area contributed by atoms with Crippen LogP contribution in [0.1, 0.15) is 31.9 Å². The van der Waals surface area contributed by atoms with Crippen molar-refractivity contribution >= 4 is 21.9 Å². The van der Waals surface area contributed by atoms with Gasteiger partial charge in [0.15, 0.2) is 5.76 Å². The minimum atomic E-state index is -4.03. The first-order valence-corrected chi connectivity index (χ1v) is 13.8. The van der Waals surface area contributed by atoms with Gasteiger partial charge in [0, 0.05) is 20.1 Å². The van der Waals surface area contributed by atoms with Gasteiger partial charge >= 0.3 is 0 Å². The Morgan fingerprint density at radius 2 is 1.84 bits per heavy atom. The van der Waals surface area contributed by atoms with Crippen LogP contribution in [0.2, 0.25) is 0 Å². The third-order valence-electron chi connectivity index (χ3n) is 6.51. The fraction of sp³-hybridized carbons (Fsp3) is 0.480. The molecule has 3 aromatic rings. The van der Waals surface area contributed by atoms with Crippen LogP contribution in [0.15, 0.2) is 34.7 Å². The van der Waals surface area contributed by atoms with E-state index in [9.17, 15) is 13.2 Å². The molecule has 2 atom stereocenters. The van der Waals surface area contributed by atoms with Crippen molar-refractivity contribution in [3.8, 4) is 28.8 Å². The molecule has 12 nitrogen and oxygen atoms in total. The maximum Gasteiger partial charge on any atom is 0.243 e. The molecule has 2 aromatic heterocycles. The van der Waals surface area contributed by atoms with Gasteiger partial charge in [0.2, 0.25) is 27.7 Å². The maximum atomic E-state index is 13.5. The summed E-state index contributed by atoms with van der Waals surface area (Å²) in [5.74, 6) is 1.92. The zero-order valence-corrected chi connectivity index (χ0v) is 22.9. The number of benzene rings is 1.